The highest BCUT2D eigenvalue weighted by Crippen LogP contribution is 2.43. The zero-order chi connectivity index (χ0) is 41.3. The summed E-state index contributed by atoms with van der Waals surface area (Å²) in [5, 5.41) is 18.5. The van der Waals surface area contributed by atoms with Gasteiger partial charge in [-0.25, -0.2) is 0 Å². The first-order chi connectivity index (χ1) is 29.3. The van der Waals surface area contributed by atoms with Crippen molar-refractivity contribution in [1.82, 2.24) is 0 Å². The molecular formula is C47H44N4O9. The monoisotopic (exact) mass is 808 g/mol. The maximum Gasteiger partial charge on any atom is 0.261 e. The lowest BCUT2D eigenvalue weighted by Gasteiger charge is -2.22. The highest BCUT2D eigenvalue weighted by molar-refractivity contribution is 6.15. The Morgan fingerprint density at radius 1 is 0.633 bits per heavy atom. The summed E-state index contributed by atoms with van der Waals surface area (Å²) in [6, 6.07) is 28.0. The van der Waals surface area contributed by atoms with Crippen LogP contribution in [0, 0.1) is 0 Å². The van der Waals surface area contributed by atoms with Gasteiger partial charge in [-0.1, -0.05) is 36.4 Å². The summed E-state index contributed by atoms with van der Waals surface area (Å²) in [4.78, 5) is 40.9. The first-order valence-corrected chi connectivity index (χ1v) is 20.0. The van der Waals surface area contributed by atoms with Crippen LogP contribution in [0.2, 0.25) is 0 Å². The lowest BCUT2D eigenvalue weighted by atomic mass is 10.1. The summed E-state index contributed by atoms with van der Waals surface area (Å²) < 4.78 is 30.4. The number of aliphatic imine (C=N–C) groups is 2. The Labute approximate surface area is 347 Å². The molecule has 0 saturated heterocycles. The van der Waals surface area contributed by atoms with Crippen LogP contribution in [-0.4, -0.2) is 73.7 Å². The molecule has 13 heteroatoms. The van der Waals surface area contributed by atoms with Crippen LogP contribution in [0.5, 0.6) is 28.7 Å². The van der Waals surface area contributed by atoms with Gasteiger partial charge in [-0.2, -0.15) is 0 Å². The number of fused-ring (bicyclic) bond motifs is 8. The zero-order valence-corrected chi connectivity index (χ0v) is 33.2. The number of benzene rings is 5. The van der Waals surface area contributed by atoms with Gasteiger partial charge < -0.3 is 33.9 Å². The van der Waals surface area contributed by atoms with E-state index < -0.39 is 6.29 Å². The molecule has 0 saturated carbocycles. The van der Waals surface area contributed by atoms with Crippen LogP contribution in [0.25, 0.3) is 0 Å². The second kappa shape index (κ2) is 16.5. The third-order valence-electron chi connectivity index (χ3n) is 11.2. The number of carbonyl (C=O) groups excluding carboxylic acids is 2. The predicted octanol–water partition coefficient (Wildman–Crippen LogP) is 7.30. The molecule has 2 unspecified atom stereocenters. The van der Waals surface area contributed by atoms with E-state index in [2.05, 4.69) is 0 Å². The minimum Gasteiger partial charge on any atom is -0.494 e. The number of carbonyl (C=O) groups is 2. The molecule has 5 aromatic carbocycles. The molecule has 5 aromatic rings. The van der Waals surface area contributed by atoms with E-state index in [0.29, 0.717) is 83.5 Å². The van der Waals surface area contributed by atoms with E-state index in [9.17, 15) is 19.8 Å². The summed E-state index contributed by atoms with van der Waals surface area (Å²) in [6.45, 7) is 0.600. The Morgan fingerprint density at radius 3 is 1.62 bits per heavy atom. The Hall–Kier alpha value is -6.70. The van der Waals surface area contributed by atoms with Crippen LogP contribution < -0.4 is 33.5 Å². The first kappa shape index (κ1) is 38.8. The smallest absolute Gasteiger partial charge is 0.261 e. The van der Waals surface area contributed by atoms with Crippen LogP contribution in [0.15, 0.2) is 101 Å². The summed E-state index contributed by atoms with van der Waals surface area (Å²) >= 11 is 0. The summed E-state index contributed by atoms with van der Waals surface area (Å²) in [5.74, 6) is 1.90. The molecule has 0 aromatic heterocycles. The number of amides is 2. The topological polar surface area (TPSA) is 152 Å². The maximum absolute atomic E-state index is 13.9. The molecule has 0 aliphatic carbocycles. The number of ether oxygens (including phenoxy) is 5. The molecule has 9 rings (SSSR count). The van der Waals surface area contributed by atoms with Gasteiger partial charge in [0.1, 0.15) is 19.0 Å². The van der Waals surface area contributed by atoms with E-state index in [1.807, 2.05) is 79.2 Å². The van der Waals surface area contributed by atoms with Gasteiger partial charge in [-0.05, 0) is 84.0 Å². The van der Waals surface area contributed by atoms with Crippen molar-refractivity contribution in [3.63, 3.8) is 0 Å². The molecular weight excluding hydrogens is 765 g/mol. The summed E-state index contributed by atoms with van der Waals surface area (Å²) in [7, 11) is 3.07. The molecule has 0 bridgehead atoms. The molecule has 4 aliphatic heterocycles. The molecule has 0 spiro atoms. The lowest BCUT2D eigenvalue weighted by molar-refractivity contribution is -0.0469. The van der Waals surface area contributed by atoms with E-state index in [4.69, 9.17) is 33.7 Å². The van der Waals surface area contributed by atoms with Crippen LogP contribution in [-0.2, 0) is 26.1 Å². The van der Waals surface area contributed by atoms with Gasteiger partial charge in [-0.15, -0.1) is 0 Å². The molecule has 60 heavy (non-hydrogen) atoms. The Balaban J connectivity index is 0.954. The van der Waals surface area contributed by atoms with Crippen molar-refractivity contribution >= 4 is 47.0 Å². The van der Waals surface area contributed by atoms with Crippen LogP contribution in [0.3, 0.4) is 0 Å². The van der Waals surface area contributed by atoms with Crippen molar-refractivity contribution in [2.75, 3.05) is 30.6 Å². The summed E-state index contributed by atoms with van der Waals surface area (Å²) in [5.41, 5.74) is 7.36. The average molecular weight is 809 g/mol. The third kappa shape index (κ3) is 7.53. The number of para-hydroxylation sites is 2. The number of rotatable bonds is 14. The Bertz CT molecular complexity index is 2370. The quantitative estimate of drug-likeness (QED) is 0.0870. The molecule has 13 nitrogen and oxygen atoms in total. The molecule has 4 heterocycles. The number of nitrogens with zero attached hydrogens (tertiary/aromatic N) is 4. The number of methoxy groups -OCH3 is 2. The first-order valence-electron chi connectivity index (χ1n) is 20.0. The second-order valence-corrected chi connectivity index (χ2v) is 15.1. The van der Waals surface area contributed by atoms with Crippen molar-refractivity contribution in [2.24, 2.45) is 9.98 Å². The highest BCUT2D eigenvalue weighted by Gasteiger charge is 2.38. The molecule has 0 radical (unpaired) electrons. The molecule has 2 atom stereocenters. The molecule has 2 amide bonds. The fourth-order valence-electron chi connectivity index (χ4n) is 8.30. The van der Waals surface area contributed by atoms with Crippen LogP contribution in [0.4, 0.5) is 22.7 Å². The third-order valence-corrected chi connectivity index (χ3v) is 11.2. The molecule has 306 valence electrons. The normalized spacial score (nSPS) is 16.9. The Kier molecular flexibility index (Phi) is 10.7. The van der Waals surface area contributed by atoms with Crippen molar-refractivity contribution < 1.29 is 43.5 Å². The van der Waals surface area contributed by atoms with Crippen LogP contribution >= 0.6 is 0 Å². The number of anilines is 2. The number of hydrogen-bond acceptors (Lipinski definition) is 11. The highest BCUT2D eigenvalue weighted by atomic mass is 16.5. The van der Waals surface area contributed by atoms with Gasteiger partial charge in [0.15, 0.2) is 29.3 Å². The van der Waals surface area contributed by atoms with Gasteiger partial charge >= 0.3 is 0 Å². The van der Waals surface area contributed by atoms with Gasteiger partial charge in [-0.3, -0.25) is 29.4 Å². The fraction of sp³-hybridized carbons (Fsp3) is 0.277. The average Bonchev–Trinajstić information content (AvgIpc) is 3.75. The number of hydrogen-bond donors (Lipinski definition) is 2. The number of aliphatic hydroxyl groups is 2. The van der Waals surface area contributed by atoms with Gasteiger partial charge in [0.2, 0.25) is 0 Å². The summed E-state index contributed by atoms with van der Waals surface area (Å²) in [6.07, 6.45) is 5.11. The van der Waals surface area contributed by atoms with Crippen molar-refractivity contribution in [2.45, 2.75) is 63.7 Å². The molecule has 4 aliphatic rings. The van der Waals surface area contributed by atoms with Crippen molar-refractivity contribution in [3.05, 3.63) is 124 Å². The maximum atomic E-state index is 13.9. The van der Waals surface area contributed by atoms with Gasteiger partial charge in [0.25, 0.3) is 11.8 Å². The Morgan fingerprint density at radius 2 is 1.13 bits per heavy atom. The molecule has 2 N–H and O–H groups in total. The lowest BCUT2D eigenvalue weighted by Crippen LogP contribution is -2.37. The van der Waals surface area contributed by atoms with Gasteiger partial charge in [0, 0.05) is 48.8 Å². The second-order valence-electron chi connectivity index (χ2n) is 15.1. The van der Waals surface area contributed by atoms with Crippen molar-refractivity contribution in [3.8, 4) is 28.7 Å². The number of unbranched alkanes of at least 4 members (excludes halogenated alkanes) is 1. The van der Waals surface area contributed by atoms with E-state index >= 15 is 0 Å². The van der Waals surface area contributed by atoms with E-state index in [-0.39, 0.29) is 43.5 Å². The molecule has 0 fully saturated rings. The minimum atomic E-state index is -1.36. The van der Waals surface area contributed by atoms with E-state index in [1.54, 1.807) is 34.1 Å². The minimum absolute atomic E-state index is 0.121. The van der Waals surface area contributed by atoms with Crippen LogP contribution in [0.1, 0.15) is 62.2 Å². The van der Waals surface area contributed by atoms with E-state index in [0.717, 1.165) is 33.6 Å². The van der Waals surface area contributed by atoms with Crippen molar-refractivity contribution in [1.29, 1.82) is 0 Å². The standard InChI is InChI=1S/C47H44N4O9/c1-56-41-20-35-37(48-24-32-18-30-9-3-5-11-39(30)50(32)46(35)54)22-43(41)59-26-28-15-29(17-34(16-28)58-14-8-7-13-45(52)53)27-60-44-23-38-36(21-42(44)57-2)47(55)51-33(25-49-38)19-31-10-4-6-12-40(31)51/h3-6,9-12,15-17,20-25,32-33,45,52-53H,7-8,13-14,18-19,26-27H2,1-2H3. The number of aliphatic hydroxyl groups excluding tert-OH is 1. The van der Waals surface area contributed by atoms with Gasteiger partial charge in [0.05, 0.1) is 55.4 Å². The fourth-order valence-corrected chi connectivity index (χ4v) is 8.30. The SMILES string of the molecule is COc1cc2c(cc1OCc1cc(COc3cc4c(cc3OC)C(=O)N3c5ccccc5CC3C=N4)cc(OCCCCC(O)O)c1)N=CC1Cc3ccccc3N1C2=O. The largest absolute Gasteiger partial charge is 0.494 e. The predicted molar refractivity (Wildman–Crippen MR) is 226 cm³/mol. The zero-order valence-electron chi connectivity index (χ0n) is 33.2. The van der Waals surface area contributed by atoms with E-state index in [1.165, 1.54) is 14.2 Å².